The number of fused-ring (bicyclic) bond motifs is 1. The number of rotatable bonds is 3. The Morgan fingerprint density at radius 2 is 1.88 bits per heavy atom. The Kier molecular flexibility index (Phi) is 4.12. The highest BCUT2D eigenvalue weighted by atomic mass is 32.2. The number of hydrogen-bond donors (Lipinski definition) is 2. The van der Waals surface area contributed by atoms with Crippen molar-refractivity contribution in [3.05, 3.63) is 42.2 Å². The first-order chi connectivity index (χ1) is 11.7. The van der Waals surface area contributed by atoms with Gasteiger partial charge in [-0.15, -0.1) is 0 Å². The molecule has 0 saturated carbocycles. The fraction of sp³-hybridized carbons (Fsp3) is 0.353. The van der Waals surface area contributed by atoms with Crippen molar-refractivity contribution in [1.29, 1.82) is 0 Å². The first-order valence-electron chi connectivity index (χ1n) is 8.02. The van der Waals surface area contributed by atoms with Gasteiger partial charge in [-0.25, -0.2) is 15.8 Å². The second kappa shape index (κ2) is 6.41. The van der Waals surface area contributed by atoms with Gasteiger partial charge in [-0.2, -0.15) is 11.8 Å². The highest BCUT2D eigenvalue weighted by Gasteiger charge is 2.37. The van der Waals surface area contributed by atoms with Crippen LogP contribution in [0.15, 0.2) is 36.4 Å². The number of anilines is 1. The van der Waals surface area contributed by atoms with Gasteiger partial charge in [-0.05, 0) is 23.3 Å². The molecule has 1 amide bonds. The minimum Gasteiger partial charge on any atom is -0.356 e. The number of nitrogens with zero attached hydrogens (tertiary/aromatic N) is 3. The molecule has 124 valence electrons. The smallest absolute Gasteiger partial charge is 0.303 e. The average molecular weight is 341 g/mol. The molecule has 3 heterocycles. The quantitative estimate of drug-likeness (QED) is 0.501. The summed E-state index contributed by atoms with van der Waals surface area (Å²) in [6.45, 7) is 1.99. The van der Waals surface area contributed by atoms with E-state index in [0.29, 0.717) is 0 Å². The SMILES string of the molecule is NNC(=O)c1nc(-c2ccccc2)cc(N2CC3CSCC3C2)n1. The maximum atomic E-state index is 12.0. The maximum absolute atomic E-state index is 12.0. The molecule has 0 bridgehead atoms. The van der Waals surface area contributed by atoms with E-state index in [4.69, 9.17) is 5.84 Å². The van der Waals surface area contributed by atoms with Crippen LogP contribution in [0.2, 0.25) is 0 Å². The van der Waals surface area contributed by atoms with Gasteiger partial charge in [-0.1, -0.05) is 30.3 Å². The van der Waals surface area contributed by atoms with E-state index in [9.17, 15) is 4.79 Å². The molecule has 3 N–H and O–H groups in total. The predicted octanol–water partition coefficient (Wildman–Crippen LogP) is 1.55. The fourth-order valence-corrected chi connectivity index (χ4v) is 4.89. The molecule has 2 saturated heterocycles. The van der Waals surface area contributed by atoms with Crippen molar-refractivity contribution in [3.8, 4) is 11.3 Å². The van der Waals surface area contributed by atoms with E-state index in [0.717, 1.165) is 42.0 Å². The Morgan fingerprint density at radius 1 is 1.17 bits per heavy atom. The molecule has 24 heavy (non-hydrogen) atoms. The third kappa shape index (κ3) is 2.85. The second-order valence-corrected chi connectivity index (χ2v) is 7.31. The molecule has 2 aliphatic rings. The summed E-state index contributed by atoms with van der Waals surface area (Å²) in [5.74, 6) is 9.60. The summed E-state index contributed by atoms with van der Waals surface area (Å²) in [4.78, 5) is 23.1. The molecule has 1 aromatic heterocycles. The van der Waals surface area contributed by atoms with E-state index in [2.05, 4.69) is 20.3 Å². The predicted molar refractivity (Wildman–Crippen MR) is 95.6 cm³/mol. The van der Waals surface area contributed by atoms with Gasteiger partial charge in [0.05, 0.1) is 5.69 Å². The van der Waals surface area contributed by atoms with Crippen LogP contribution >= 0.6 is 11.8 Å². The number of nitrogens with two attached hydrogens (primary N) is 1. The summed E-state index contributed by atoms with van der Waals surface area (Å²) in [5.41, 5.74) is 3.83. The number of carbonyl (C=O) groups excluding carboxylic acids is 1. The summed E-state index contributed by atoms with van der Waals surface area (Å²) in [7, 11) is 0. The Balaban J connectivity index is 1.72. The highest BCUT2D eigenvalue weighted by Crippen LogP contribution is 2.37. The van der Waals surface area contributed by atoms with Gasteiger partial charge in [0.1, 0.15) is 5.82 Å². The lowest BCUT2D eigenvalue weighted by Gasteiger charge is -2.19. The molecule has 1 aromatic carbocycles. The van der Waals surface area contributed by atoms with E-state index in [1.165, 1.54) is 11.5 Å². The summed E-state index contributed by atoms with van der Waals surface area (Å²) in [6.07, 6.45) is 0. The molecule has 0 spiro atoms. The molecule has 2 aromatic rings. The third-order valence-electron chi connectivity index (χ3n) is 4.68. The lowest BCUT2D eigenvalue weighted by molar-refractivity contribution is 0.0943. The zero-order chi connectivity index (χ0) is 16.5. The molecule has 2 fully saturated rings. The lowest BCUT2D eigenvalue weighted by Crippen LogP contribution is -2.32. The minimum absolute atomic E-state index is 0.111. The summed E-state index contributed by atoms with van der Waals surface area (Å²) in [6, 6.07) is 11.8. The van der Waals surface area contributed by atoms with Crippen molar-refractivity contribution in [2.24, 2.45) is 17.7 Å². The Hall–Kier alpha value is -2.12. The molecule has 2 unspecified atom stereocenters. The van der Waals surface area contributed by atoms with Crippen LogP contribution in [-0.4, -0.2) is 40.5 Å². The van der Waals surface area contributed by atoms with E-state index in [-0.39, 0.29) is 5.82 Å². The number of aromatic nitrogens is 2. The van der Waals surface area contributed by atoms with Crippen molar-refractivity contribution in [2.45, 2.75) is 0 Å². The van der Waals surface area contributed by atoms with Crippen molar-refractivity contribution in [2.75, 3.05) is 29.5 Å². The highest BCUT2D eigenvalue weighted by molar-refractivity contribution is 7.99. The molecule has 0 aliphatic carbocycles. The molecule has 4 rings (SSSR count). The first-order valence-corrected chi connectivity index (χ1v) is 9.18. The Morgan fingerprint density at radius 3 is 2.54 bits per heavy atom. The van der Waals surface area contributed by atoms with Crippen molar-refractivity contribution in [3.63, 3.8) is 0 Å². The zero-order valence-electron chi connectivity index (χ0n) is 13.2. The number of carbonyl (C=O) groups is 1. The molecule has 2 aliphatic heterocycles. The molecular formula is C17H19N5OS. The number of nitrogen functional groups attached to an aromatic ring is 1. The minimum atomic E-state index is -0.469. The molecule has 6 nitrogen and oxygen atoms in total. The van der Waals surface area contributed by atoms with E-state index >= 15 is 0 Å². The van der Waals surface area contributed by atoms with E-state index in [1.54, 1.807) is 0 Å². The van der Waals surface area contributed by atoms with Crippen molar-refractivity contribution in [1.82, 2.24) is 15.4 Å². The topological polar surface area (TPSA) is 84.1 Å². The molecular weight excluding hydrogens is 322 g/mol. The van der Waals surface area contributed by atoms with Crippen LogP contribution in [0.25, 0.3) is 11.3 Å². The monoisotopic (exact) mass is 341 g/mol. The maximum Gasteiger partial charge on any atom is 0.303 e. The third-order valence-corrected chi connectivity index (χ3v) is 6.01. The van der Waals surface area contributed by atoms with Gasteiger partial charge in [0.25, 0.3) is 0 Å². The van der Waals surface area contributed by atoms with Crippen LogP contribution in [0.4, 0.5) is 5.82 Å². The zero-order valence-corrected chi connectivity index (χ0v) is 14.0. The van der Waals surface area contributed by atoms with E-state index < -0.39 is 5.91 Å². The van der Waals surface area contributed by atoms with Crippen LogP contribution in [-0.2, 0) is 0 Å². The van der Waals surface area contributed by atoms with Crippen LogP contribution in [0.5, 0.6) is 0 Å². The molecule has 7 heteroatoms. The number of nitrogens with one attached hydrogen (secondary N) is 1. The van der Waals surface area contributed by atoms with Crippen LogP contribution in [0, 0.1) is 11.8 Å². The molecule has 2 atom stereocenters. The number of benzene rings is 1. The van der Waals surface area contributed by atoms with Gasteiger partial charge in [0, 0.05) is 24.7 Å². The standard InChI is InChI=1S/C17H19N5OS/c18-21-17(23)16-19-14(11-4-2-1-3-5-11)6-15(20-16)22-7-12-9-24-10-13(12)8-22/h1-6,12-13H,7-10,18H2,(H,21,23). The van der Waals surface area contributed by atoms with Gasteiger partial charge in [-0.3, -0.25) is 10.2 Å². The van der Waals surface area contributed by atoms with Crippen LogP contribution < -0.4 is 16.2 Å². The van der Waals surface area contributed by atoms with Crippen LogP contribution in [0.3, 0.4) is 0 Å². The normalized spacial score (nSPS) is 22.5. The Labute approximate surface area is 144 Å². The summed E-state index contributed by atoms with van der Waals surface area (Å²) < 4.78 is 0. The van der Waals surface area contributed by atoms with Gasteiger partial charge in [0.2, 0.25) is 5.82 Å². The second-order valence-electron chi connectivity index (χ2n) is 6.24. The average Bonchev–Trinajstić information content (AvgIpc) is 3.23. The van der Waals surface area contributed by atoms with Gasteiger partial charge >= 0.3 is 5.91 Å². The molecule has 0 radical (unpaired) electrons. The van der Waals surface area contributed by atoms with Gasteiger partial charge in [0.15, 0.2) is 0 Å². The van der Waals surface area contributed by atoms with Gasteiger partial charge < -0.3 is 4.90 Å². The number of hydrazine groups is 1. The number of amides is 1. The number of thioether (sulfide) groups is 1. The summed E-state index contributed by atoms with van der Waals surface area (Å²) >= 11 is 2.03. The van der Waals surface area contributed by atoms with Crippen molar-refractivity contribution < 1.29 is 4.79 Å². The lowest BCUT2D eigenvalue weighted by atomic mass is 10.0. The largest absolute Gasteiger partial charge is 0.356 e. The van der Waals surface area contributed by atoms with Crippen molar-refractivity contribution >= 4 is 23.5 Å². The van der Waals surface area contributed by atoms with E-state index in [1.807, 2.05) is 48.2 Å². The first kappa shape index (κ1) is 15.4. The summed E-state index contributed by atoms with van der Waals surface area (Å²) in [5, 5.41) is 0. The fourth-order valence-electron chi connectivity index (χ4n) is 3.39. The Bertz CT molecular complexity index is 742. The van der Waals surface area contributed by atoms with Crippen LogP contribution in [0.1, 0.15) is 10.6 Å². The number of hydrogen-bond acceptors (Lipinski definition) is 6.